The smallest absolute Gasteiger partial charge is 0.331 e. The van der Waals surface area contributed by atoms with Gasteiger partial charge in [-0.25, -0.2) is 4.79 Å². The van der Waals surface area contributed by atoms with Crippen molar-refractivity contribution in [1.29, 1.82) is 0 Å². The molecule has 0 spiro atoms. The molecular formula is C15H18O4. The number of ketones is 1. The molecule has 0 bridgehead atoms. The van der Waals surface area contributed by atoms with E-state index in [0.29, 0.717) is 5.76 Å². The summed E-state index contributed by atoms with van der Waals surface area (Å²) in [4.78, 5) is 23.7. The van der Waals surface area contributed by atoms with Crippen molar-refractivity contribution in [3.8, 4) is 0 Å². The number of carbonyl (C=O) groups is 2. The van der Waals surface area contributed by atoms with Crippen LogP contribution >= 0.6 is 0 Å². The molecule has 1 atom stereocenters. The van der Waals surface area contributed by atoms with E-state index in [2.05, 4.69) is 6.58 Å². The molecule has 0 fully saturated rings. The van der Waals surface area contributed by atoms with Crippen LogP contribution in [0, 0.1) is 0 Å². The molecule has 1 rings (SSSR count). The van der Waals surface area contributed by atoms with Crippen molar-refractivity contribution in [2.45, 2.75) is 25.9 Å². The summed E-state index contributed by atoms with van der Waals surface area (Å²) in [5, 5.41) is 0. The standard InChI is InChI=1S/C15H18O4/c1-5-14(17)19-15(10-9-11(2)3)12(16)7-6-8-13(15)18-4/h5-9H,1,10H2,2-4H3. The van der Waals surface area contributed by atoms with E-state index in [1.807, 2.05) is 19.9 Å². The summed E-state index contributed by atoms with van der Waals surface area (Å²) < 4.78 is 10.5. The van der Waals surface area contributed by atoms with Crippen LogP contribution in [0.1, 0.15) is 20.3 Å². The molecule has 4 heteroatoms. The van der Waals surface area contributed by atoms with Gasteiger partial charge < -0.3 is 9.47 Å². The summed E-state index contributed by atoms with van der Waals surface area (Å²) in [6.45, 7) is 7.16. The van der Waals surface area contributed by atoms with Crippen LogP contribution in [0.15, 0.2) is 48.3 Å². The van der Waals surface area contributed by atoms with E-state index in [9.17, 15) is 9.59 Å². The van der Waals surface area contributed by atoms with Gasteiger partial charge in [0.05, 0.1) is 7.11 Å². The Morgan fingerprint density at radius 1 is 1.47 bits per heavy atom. The normalized spacial score (nSPS) is 21.4. The highest BCUT2D eigenvalue weighted by Gasteiger charge is 2.46. The molecule has 1 unspecified atom stereocenters. The van der Waals surface area contributed by atoms with Gasteiger partial charge in [-0.15, -0.1) is 0 Å². The lowest BCUT2D eigenvalue weighted by Gasteiger charge is -2.32. The van der Waals surface area contributed by atoms with Crippen LogP contribution in [0.5, 0.6) is 0 Å². The maximum absolute atomic E-state index is 12.2. The van der Waals surface area contributed by atoms with Crippen LogP contribution in [0.2, 0.25) is 0 Å². The number of hydrogen-bond donors (Lipinski definition) is 0. The lowest BCUT2D eigenvalue weighted by atomic mass is 9.87. The van der Waals surface area contributed by atoms with E-state index >= 15 is 0 Å². The Morgan fingerprint density at radius 2 is 2.16 bits per heavy atom. The molecule has 0 aliphatic heterocycles. The molecule has 0 radical (unpaired) electrons. The molecule has 0 saturated heterocycles. The average molecular weight is 262 g/mol. The molecule has 0 N–H and O–H groups in total. The van der Waals surface area contributed by atoms with Crippen LogP contribution < -0.4 is 0 Å². The first-order valence-electron chi connectivity index (χ1n) is 5.92. The first-order chi connectivity index (χ1) is 8.96. The van der Waals surface area contributed by atoms with Gasteiger partial charge >= 0.3 is 5.97 Å². The highest BCUT2D eigenvalue weighted by molar-refractivity contribution is 6.02. The lowest BCUT2D eigenvalue weighted by Crippen LogP contribution is -2.45. The SMILES string of the molecule is C=CC(=O)OC1(CC=C(C)C)C(=O)C=CC=C1OC. The van der Waals surface area contributed by atoms with E-state index < -0.39 is 11.6 Å². The Hall–Kier alpha value is -2.10. The topological polar surface area (TPSA) is 52.6 Å². The Morgan fingerprint density at radius 3 is 2.68 bits per heavy atom. The minimum atomic E-state index is -1.42. The van der Waals surface area contributed by atoms with Crippen molar-refractivity contribution in [2.24, 2.45) is 0 Å². The van der Waals surface area contributed by atoms with Gasteiger partial charge in [0.1, 0.15) is 5.76 Å². The average Bonchev–Trinajstić information content (AvgIpc) is 2.38. The van der Waals surface area contributed by atoms with Gasteiger partial charge in [-0.2, -0.15) is 0 Å². The first-order valence-corrected chi connectivity index (χ1v) is 5.92. The number of rotatable bonds is 5. The zero-order valence-corrected chi connectivity index (χ0v) is 11.4. The quantitative estimate of drug-likeness (QED) is 0.434. The fourth-order valence-electron chi connectivity index (χ4n) is 1.75. The summed E-state index contributed by atoms with van der Waals surface area (Å²) in [5.74, 6) is -0.666. The van der Waals surface area contributed by atoms with Gasteiger partial charge in [0, 0.05) is 12.5 Å². The molecule has 19 heavy (non-hydrogen) atoms. The second kappa shape index (κ2) is 6.18. The van der Waals surface area contributed by atoms with E-state index in [-0.39, 0.29) is 12.2 Å². The predicted molar refractivity (Wildman–Crippen MR) is 72.3 cm³/mol. The molecule has 0 aromatic carbocycles. The Labute approximate surface area is 113 Å². The van der Waals surface area contributed by atoms with Crippen molar-refractivity contribution in [3.05, 3.63) is 48.3 Å². The molecule has 1 aliphatic rings. The van der Waals surface area contributed by atoms with Crippen molar-refractivity contribution in [1.82, 2.24) is 0 Å². The Kier molecular flexibility index (Phi) is 4.87. The summed E-state index contributed by atoms with van der Waals surface area (Å²) in [5.41, 5.74) is -0.404. The van der Waals surface area contributed by atoms with Crippen molar-refractivity contribution in [3.63, 3.8) is 0 Å². The van der Waals surface area contributed by atoms with Gasteiger partial charge in [-0.1, -0.05) is 24.3 Å². The fourth-order valence-corrected chi connectivity index (χ4v) is 1.75. The largest absolute Gasteiger partial charge is 0.496 e. The maximum Gasteiger partial charge on any atom is 0.331 e. The molecule has 0 aromatic rings. The molecule has 102 valence electrons. The number of methoxy groups -OCH3 is 1. The number of ether oxygens (including phenoxy) is 2. The minimum Gasteiger partial charge on any atom is -0.496 e. The number of hydrogen-bond acceptors (Lipinski definition) is 4. The Balaban J connectivity index is 3.23. The molecule has 1 aliphatic carbocycles. The Bertz CT molecular complexity index is 478. The van der Waals surface area contributed by atoms with E-state index in [0.717, 1.165) is 11.6 Å². The third kappa shape index (κ3) is 3.22. The summed E-state index contributed by atoms with van der Waals surface area (Å²) in [6, 6.07) is 0. The van der Waals surface area contributed by atoms with Crippen LogP contribution in [0.4, 0.5) is 0 Å². The minimum absolute atomic E-state index is 0.234. The lowest BCUT2D eigenvalue weighted by molar-refractivity contribution is -0.160. The monoisotopic (exact) mass is 262 g/mol. The number of carbonyl (C=O) groups excluding carboxylic acids is 2. The fraction of sp³-hybridized carbons (Fsp3) is 0.333. The van der Waals surface area contributed by atoms with Crippen LogP contribution in [0.3, 0.4) is 0 Å². The second-order valence-electron chi connectivity index (χ2n) is 4.40. The zero-order chi connectivity index (χ0) is 14.5. The summed E-state index contributed by atoms with van der Waals surface area (Å²) in [7, 11) is 1.44. The van der Waals surface area contributed by atoms with E-state index in [4.69, 9.17) is 9.47 Å². The van der Waals surface area contributed by atoms with Gasteiger partial charge in [0.15, 0.2) is 0 Å². The molecular weight excluding hydrogens is 244 g/mol. The van der Waals surface area contributed by atoms with Gasteiger partial charge in [0.25, 0.3) is 0 Å². The van der Waals surface area contributed by atoms with Gasteiger partial charge in [-0.05, 0) is 26.0 Å². The molecule has 0 aromatic heterocycles. The molecule has 0 heterocycles. The van der Waals surface area contributed by atoms with Crippen molar-refractivity contribution >= 4 is 11.8 Å². The number of allylic oxidation sites excluding steroid dienone is 3. The van der Waals surface area contributed by atoms with Gasteiger partial charge in [0.2, 0.25) is 11.4 Å². The highest BCUT2D eigenvalue weighted by Crippen LogP contribution is 2.32. The maximum atomic E-state index is 12.2. The summed E-state index contributed by atoms with van der Waals surface area (Å²) >= 11 is 0. The van der Waals surface area contributed by atoms with Crippen LogP contribution in [-0.2, 0) is 19.1 Å². The molecule has 4 nitrogen and oxygen atoms in total. The molecule has 0 amide bonds. The van der Waals surface area contributed by atoms with Gasteiger partial charge in [-0.3, -0.25) is 4.79 Å². The third-order valence-corrected chi connectivity index (χ3v) is 2.75. The van der Waals surface area contributed by atoms with Crippen molar-refractivity contribution in [2.75, 3.05) is 7.11 Å². The van der Waals surface area contributed by atoms with Crippen LogP contribution in [-0.4, -0.2) is 24.5 Å². The third-order valence-electron chi connectivity index (χ3n) is 2.75. The second-order valence-corrected chi connectivity index (χ2v) is 4.40. The summed E-state index contributed by atoms with van der Waals surface area (Å²) in [6.07, 6.45) is 7.67. The highest BCUT2D eigenvalue weighted by atomic mass is 16.6. The number of esters is 1. The van der Waals surface area contributed by atoms with Crippen LogP contribution in [0.25, 0.3) is 0 Å². The predicted octanol–water partition coefficient (Wildman–Crippen LogP) is 2.48. The van der Waals surface area contributed by atoms with E-state index in [1.165, 1.54) is 13.2 Å². The molecule has 0 saturated carbocycles. The first kappa shape index (κ1) is 15.0. The zero-order valence-electron chi connectivity index (χ0n) is 11.4. The van der Waals surface area contributed by atoms with Crippen molar-refractivity contribution < 1.29 is 19.1 Å². The van der Waals surface area contributed by atoms with E-state index in [1.54, 1.807) is 12.2 Å².